The summed E-state index contributed by atoms with van der Waals surface area (Å²) < 4.78 is 8.89. The number of primary amides is 1. The molecule has 4 N–H and O–H groups in total. The van der Waals surface area contributed by atoms with Crippen molar-refractivity contribution in [3.05, 3.63) is 42.7 Å². The molecule has 0 aliphatic heterocycles. The summed E-state index contributed by atoms with van der Waals surface area (Å²) in [7, 11) is 0. The van der Waals surface area contributed by atoms with Crippen molar-refractivity contribution in [2.45, 2.75) is 0 Å². The lowest BCUT2D eigenvalue weighted by atomic mass is 10.3. The smallest absolute Gasteiger partial charge is 0.409 e. The molecule has 0 bridgehead atoms. The van der Waals surface area contributed by atoms with Gasteiger partial charge in [0.15, 0.2) is 5.82 Å². The number of benzene rings is 1. The molecule has 6 nitrogen and oxygen atoms in total. The van der Waals surface area contributed by atoms with Gasteiger partial charge in [0.1, 0.15) is 12.0 Å². The Morgan fingerprint density at radius 2 is 1.94 bits per heavy atom. The predicted molar refractivity (Wildman–Crippen MR) is 57.6 cm³/mol. The fourth-order valence-corrected chi connectivity index (χ4v) is 0.827. The van der Waals surface area contributed by atoms with Gasteiger partial charge in [-0.2, -0.15) is 0 Å². The fourth-order valence-electron chi connectivity index (χ4n) is 0.827. The van der Waals surface area contributed by atoms with Crippen molar-refractivity contribution in [2.24, 2.45) is 5.73 Å². The van der Waals surface area contributed by atoms with Crippen molar-refractivity contribution in [1.82, 2.24) is 5.16 Å². The number of anilines is 1. The van der Waals surface area contributed by atoms with Crippen LogP contribution < -0.4 is 16.2 Å². The zero-order valence-corrected chi connectivity index (χ0v) is 8.37. The van der Waals surface area contributed by atoms with Crippen molar-refractivity contribution in [3.8, 4) is 5.75 Å². The number of ether oxygens (including phenoxy) is 1. The molecule has 1 amide bonds. The number of hydrogen-bond acceptors (Lipinski definition) is 5. The van der Waals surface area contributed by atoms with Crippen molar-refractivity contribution in [1.29, 1.82) is 0 Å². The summed E-state index contributed by atoms with van der Waals surface area (Å²) in [6.07, 6.45) is 0.640. The van der Waals surface area contributed by atoms with Gasteiger partial charge >= 0.3 is 6.09 Å². The molecule has 16 heavy (non-hydrogen) atoms. The van der Waals surface area contributed by atoms with Gasteiger partial charge in [-0.15, -0.1) is 0 Å². The van der Waals surface area contributed by atoms with E-state index >= 15 is 0 Å². The van der Waals surface area contributed by atoms with Crippen LogP contribution in [-0.2, 0) is 0 Å². The third-order valence-electron chi connectivity index (χ3n) is 1.42. The van der Waals surface area contributed by atoms with Gasteiger partial charge in [0, 0.05) is 6.07 Å². The van der Waals surface area contributed by atoms with Gasteiger partial charge in [0.25, 0.3) is 0 Å². The number of carbonyl (C=O) groups excluding carboxylic acids is 1. The van der Waals surface area contributed by atoms with Crippen LogP contribution >= 0.6 is 0 Å². The molecule has 84 valence electrons. The van der Waals surface area contributed by atoms with Gasteiger partial charge in [-0.05, 0) is 12.1 Å². The van der Waals surface area contributed by atoms with E-state index in [1.54, 1.807) is 30.3 Å². The van der Waals surface area contributed by atoms with Crippen LogP contribution in [0.15, 0.2) is 47.2 Å². The van der Waals surface area contributed by atoms with E-state index in [-0.39, 0.29) is 0 Å². The minimum Gasteiger partial charge on any atom is -0.411 e. The Morgan fingerprint density at radius 1 is 1.25 bits per heavy atom. The Morgan fingerprint density at radius 3 is 2.31 bits per heavy atom. The average molecular weight is 221 g/mol. The molecule has 0 fully saturated rings. The maximum absolute atomic E-state index is 10.2. The largest absolute Gasteiger partial charge is 0.411 e. The molecule has 0 saturated heterocycles. The Labute approximate surface area is 91.8 Å². The highest BCUT2D eigenvalue weighted by molar-refractivity contribution is 5.67. The van der Waals surface area contributed by atoms with Crippen LogP contribution in [0.25, 0.3) is 0 Å². The molecule has 0 radical (unpaired) electrons. The van der Waals surface area contributed by atoms with Crippen LogP contribution in [0.5, 0.6) is 5.75 Å². The van der Waals surface area contributed by atoms with Crippen molar-refractivity contribution >= 4 is 11.9 Å². The molecular formula is C10H11N3O3. The summed E-state index contributed by atoms with van der Waals surface area (Å²) in [5.74, 6) is 0.894. The van der Waals surface area contributed by atoms with E-state index < -0.39 is 6.09 Å². The Balaban J connectivity index is 0.000000181. The second-order valence-electron chi connectivity index (χ2n) is 2.66. The Kier molecular flexibility index (Phi) is 4.39. The average Bonchev–Trinajstić information content (AvgIpc) is 2.71. The Hall–Kier alpha value is -2.50. The number of rotatable bonds is 1. The second-order valence-corrected chi connectivity index (χ2v) is 2.66. The number of aromatic nitrogens is 1. The molecule has 0 aliphatic rings. The van der Waals surface area contributed by atoms with Gasteiger partial charge in [0.2, 0.25) is 0 Å². The third kappa shape index (κ3) is 4.66. The molecule has 1 aromatic carbocycles. The minimum atomic E-state index is -0.786. The number of nitrogens with two attached hydrogens (primary N) is 2. The van der Waals surface area contributed by atoms with Crippen molar-refractivity contribution < 1.29 is 14.1 Å². The molecule has 2 aromatic rings. The molecule has 0 saturated carbocycles. The molecule has 0 spiro atoms. The molecule has 6 heteroatoms. The summed E-state index contributed by atoms with van der Waals surface area (Å²) in [6, 6.07) is 10.2. The number of amides is 1. The lowest BCUT2D eigenvalue weighted by Gasteiger charge is -1.96. The minimum absolute atomic E-state index is 0.426. The first-order valence-electron chi connectivity index (χ1n) is 4.36. The van der Waals surface area contributed by atoms with E-state index in [2.05, 4.69) is 14.4 Å². The third-order valence-corrected chi connectivity index (χ3v) is 1.42. The number of carbonyl (C=O) groups is 1. The van der Waals surface area contributed by atoms with Gasteiger partial charge in [-0.25, -0.2) is 4.79 Å². The lowest BCUT2D eigenvalue weighted by molar-refractivity contribution is 0.211. The maximum atomic E-state index is 10.2. The monoisotopic (exact) mass is 221 g/mol. The molecule has 0 aliphatic carbocycles. The number of nitrogens with zero attached hydrogens (tertiary/aromatic N) is 1. The molecule has 0 unspecified atom stereocenters. The number of nitrogen functional groups attached to an aromatic ring is 1. The normalized spacial score (nSPS) is 8.75. The van der Waals surface area contributed by atoms with E-state index in [1.165, 1.54) is 6.26 Å². The number of hydrogen-bond donors (Lipinski definition) is 2. The SMILES string of the molecule is NC(=O)Oc1ccccc1.Nc1ccon1. The van der Waals surface area contributed by atoms with Crippen molar-refractivity contribution in [3.63, 3.8) is 0 Å². The summed E-state index contributed by atoms with van der Waals surface area (Å²) >= 11 is 0. The quantitative estimate of drug-likeness (QED) is 0.757. The summed E-state index contributed by atoms with van der Waals surface area (Å²) in [5, 5.41) is 3.32. The van der Waals surface area contributed by atoms with Gasteiger partial charge in [-0.3, -0.25) is 0 Å². The highest BCUT2D eigenvalue weighted by Gasteiger charge is 1.93. The summed E-state index contributed by atoms with van der Waals surface area (Å²) in [6.45, 7) is 0. The lowest BCUT2D eigenvalue weighted by Crippen LogP contribution is -2.15. The second kappa shape index (κ2) is 6.07. The van der Waals surface area contributed by atoms with E-state index in [9.17, 15) is 4.79 Å². The van der Waals surface area contributed by atoms with Gasteiger partial charge in [0.05, 0.1) is 0 Å². The number of para-hydroxylation sites is 1. The highest BCUT2D eigenvalue weighted by atomic mass is 16.5. The fraction of sp³-hybridized carbons (Fsp3) is 0. The topological polar surface area (TPSA) is 104 Å². The van der Waals surface area contributed by atoms with Crippen LogP contribution in [0.3, 0.4) is 0 Å². The van der Waals surface area contributed by atoms with E-state index in [0.717, 1.165) is 0 Å². The van der Waals surface area contributed by atoms with Gasteiger partial charge in [-0.1, -0.05) is 23.4 Å². The molecule has 2 rings (SSSR count). The van der Waals surface area contributed by atoms with E-state index in [0.29, 0.717) is 11.6 Å². The highest BCUT2D eigenvalue weighted by Crippen LogP contribution is 2.07. The Bertz CT molecular complexity index is 414. The van der Waals surface area contributed by atoms with Crippen LogP contribution in [0, 0.1) is 0 Å². The van der Waals surface area contributed by atoms with Crippen molar-refractivity contribution in [2.75, 3.05) is 5.73 Å². The van der Waals surface area contributed by atoms with E-state index in [1.807, 2.05) is 6.07 Å². The molecular weight excluding hydrogens is 210 g/mol. The zero-order chi connectivity index (χ0) is 11.8. The standard InChI is InChI=1S/C7H7NO2.C3H4N2O/c8-7(9)10-6-4-2-1-3-5-6;4-3-1-2-6-5-3/h1-5H,(H2,8,9);1-2H,(H2,4,5). The van der Waals surface area contributed by atoms with Crippen LogP contribution in [0.4, 0.5) is 10.6 Å². The first kappa shape index (κ1) is 11.6. The van der Waals surface area contributed by atoms with Crippen LogP contribution in [-0.4, -0.2) is 11.2 Å². The first-order chi connectivity index (χ1) is 7.68. The summed E-state index contributed by atoms with van der Waals surface area (Å²) in [4.78, 5) is 10.2. The first-order valence-corrected chi connectivity index (χ1v) is 4.36. The van der Waals surface area contributed by atoms with E-state index in [4.69, 9.17) is 11.5 Å². The molecule has 1 heterocycles. The molecule has 1 aromatic heterocycles. The predicted octanol–water partition coefficient (Wildman–Crippen LogP) is 1.40. The van der Waals surface area contributed by atoms with Crippen LogP contribution in [0.2, 0.25) is 0 Å². The maximum Gasteiger partial charge on any atom is 0.409 e. The van der Waals surface area contributed by atoms with Gasteiger partial charge < -0.3 is 20.7 Å². The molecule has 0 atom stereocenters. The zero-order valence-electron chi connectivity index (χ0n) is 8.37. The van der Waals surface area contributed by atoms with Crippen LogP contribution in [0.1, 0.15) is 0 Å². The summed E-state index contributed by atoms with van der Waals surface area (Å²) in [5.41, 5.74) is 9.84.